The summed E-state index contributed by atoms with van der Waals surface area (Å²) in [4.78, 5) is 0. The lowest BCUT2D eigenvalue weighted by Gasteiger charge is -2.11. The molecular formula is C14H23NO2. The van der Waals surface area contributed by atoms with Crippen LogP contribution in [0.25, 0.3) is 0 Å². The lowest BCUT2D eigenvalue weighted by atomic mass is 10.1. The Hall–Kier alpha value is -1.22. The summed E-state index contributed by atoms with van der Waals surface area (Å²) in [5.41, 5.74) is 1.21. The third kappa shape index (κ3) is 4.65. The van der Waals surface area contributed by atoms with Crippen molar-refractivity contribution in [1.82, 2.24) is 5.32 Å². The van der Waals surface area contributed by atoms with Crippen molar-refractivity contribution in [3.8, 4) is 11.5 Å². The van der Waals surface area contributed by atoms with Gasteiger partial charge >= 0.3 is 0 Å². The molecule has 0 saturated carbocycles. The van der Waals surface area contributed by atoms with Gasteiger partial charge < -0.3 is 14.8 Å². The molecule has 0 spiro atoms. The minimum absolute atomic E-state index is 0.688. The normalized spacial score (nSPS) is 10.6. The van der Waals surface area contributed by atoms with Gasteiger partial charge in [-0.25, -0.2) is 0 Å². The van der Waals surface area contributed by atoms with Gasteiger partial charge in [0.25, 0.3) is 0 Å². The molecule has 0 radical (unpaired) electrons. The molecule has 17 heavy (non-hydrogen) atoms. The summed E-state index contributed by atoms with van der Waals surface area (Å²) in [5.74, 6) is 2.42. The second-order valence-corrected chi connectivity index (χ2v) is 4.53. The second kappa shape index (κ2) is 7.17. The van der Waals surface area contributed by atoms with E-state index in [4.69, 9.17) is 9.47 Å². The first-order valence-electron chi connectivity index (χ1n) is 6.09. The number of hydrogen-bond acceptors (Lipinski definition) is 3. The van der Waals surface area contributed by atoms with Crippen LogP contribution in [0.5, 0.6) is 11.5 Å². The fraction of sp³-hybridized carbons (Fsp3) is 0.571. The Morgan fingerprint density at radius 2 is 1.94 bits per heavy atom. The topological polar surface area (TPSA) is 30.5 Å². The molecule has 0 aliphatic heterocycles. The molecule has 0 aliphatic rings. The van der Waals surface area contributed by atoms with Crippen molar-refractivity contribution >= 4 is 0 Å². The average molecular weight is 237 g/mol. The highest BCUT2D eigenvalue weighted by Gasteiger charge is 2.04. The molecule has 0 aromatic heterocycles. The number of rotatable bonds is 7. The minimum Gasteiger partial charge on any atom is -0.497 e. The van der Waals surface area contributed by atoms with Gasteiger partial charge in [0.05, 0.1) is 14.2 Å². The van der Waals surface area contributed by atoms with Crippen LogP contribution in [0.4, 0.5) is 0 Å². The SMILES string of the molecule is COc1ccc(CCNCC(C)C)c(OC)c1. The molecule has 3 nitrogen and oxygen atoms in total. The molecule has 0 heterocycles. The second-order valence-electron chi connectivity index (χ2n) is 4.53. The molecule has 1 aromatic rings. The summed E-state index contributed by atoms with van der Waals surface area (Å²) in [5, 5.41) is 3.43. The number of nitrogens with one attached hydrogen (secondary N) is 1. The first kappa shape index (κ1) is 13.8. The largest absolute Gasteiger partial charge is 0.497 e. The van der Waals surface area contributed by atoms with E-state index in [1.807, 2.05) is 12.1 Å². The van der Waals surface area contributed by atoms with Gasteiger partial charge in [0.15, 0.2) is 0 Å². The summed E-state index contributed by atoms with van der Waals surface area (Å²) in [6, 6.07) is 5.97. The molecule has 3 heteroatoms. The van der Waals surface area contributed by atoms with E-state index >= 15 is 0 Å². The summed E-state index contributed by atoms with van der Waals surface area (Å²) in [6.45, 7) is 6.45. The van der Waals surface area contributed by atoms with Crippen LogP contribution < -0.4 is 14.8 Å². The van der Waals surface area contributed by atoms with Crippen molar-refractivity contribution in [2.45, 2.75) is 20.3 Å². The van der Waals surface area contributed by atoms with Crippen molar-refractivity contribution in [2.24, 2.45) is 5.92 Å². The Morgan fingerprint density at radius 3 is 2.53 bits per heavy atom. The third-order valence-corrected chi connectivity index (χ3v) is 2.62. The molecule has 1 rings (SSSR count). The van der Waals surface area contributed by atoms with Crippen molar-refractivity contribution < 1.29 is 9.47 Å². The Bertz CT molecular complexity index is 337. The van der Waals surface area contributed by atoms with Crippen molar-refractivity contribution in [1.29, 1.82) is 0 Å². The zero-order chi connectivity index (χ0) is 12.7. The van der Waals surface area contributed by atoms with Gasteiger partial charge in [-0.15, -0.1) is 0 Å². The maximum atomic E-state index is 5.36. The first-order valence-corrected chi connectivity index (χ1v) is 6.09. The molecule has 0 fully saturated rings. The van der Waals surface area contributed by atoms with Gasteiger partial charge in [0.1, 0.15) is 11.5 Å². The van der Waals surface area contributed by atoms with E-state index in [0.717, 1.165) is 31.0 Å². The predicted molar refractivity (Wildman–Crippen MR) is 71.0 cm³/mol. The monoisotopic (exact) mass is 237 g/mol. The maximum Gasteiger partial charge on any atom is 0.125 e. The van der Waals surface area contributed by atoms with Gasteiger partial charge in [-0.3, -0.25) is 0 Å². The summed E-state index contributed by atoms with van der Waals surface area (Å²) in [6.07, 6.45) is 0.972. The maximum absolute atomic E-state index is 5.36. The number of benzene rings is 1. The summed E-state index contributed by atoms with van der Waals surface area (Å²) < 4.78 is 10.5. The van der Waals surface area contributed by atoms with Crippen LogP contribution in [-0.2, 0) is 6.42 Å². The van der Waals surface area contributed by atoms with E-state index in [2.05, 4.69) is 25.2 Å². The van der Waals surface area contributed by atoms with E-state index in [0.29, 0.717) is 5.92 Å². The molecule has 1 aromatic carbocycles. The fourth-order valence-electron chi connectivity index (χ4n) is 1.67. The van der Waals surface area contributed by atoms with Crippen LogP contribution >= 0.6 is 0 Å². The van der Waals surface area contributed by atoms with Gasteiger partial charge in [0, 0.05) is 6.07 Å². The average Bonchev–Trinajstić information content (AvgIpc) is 2.34. The summed E-state index contributed by atoms with van der Waals surface area (Å²) >= 11 is 0. The highest BCUT2D eigenvalue weighted by atomic mass is 16.5. The Kier molecular flexibility index (Phi) is 5.84. The van der Waals surface area contributed by atoms with E-state index in [1.54, 1.807) is 14.2 Å². The molecular weight excluding hydrogens is 214 g/mol. The quantitative estimate of drug-likeness (QED) is 0.739. The summed E-state index contributed by atoms with van der Waals surface area (Å²) in [7, 11) is 3.36. The fourth-order valence-corrected chi connectivity index (χ4v) is 1.67. The van der Waals surface area contributed by atoms with Crippen LogP contribution in [-0.4, -0.2) is 27.3 Å². The molecule has 0 unspecified atom stereocenters. The molecule has 96 valence electrons. The number of ether oxygens (including phenoxy) is 2. The van der Waals surface area contributed by atoms with Crippen LogP contribution in [0.3, 0.4) is 0 Å². The molecule has 0 saturated heterocycles. The molecule has 0 aliphatic carbocycles. The molecule has 0 atom stereocenters. The Balaban J connectivity index is 2.52. The standard InChI is InChI=1S/C14H23NO2/c1-11(2)10-15-8-7-12-5-6-13(16-3)9-14(12)17-4/h5-6,9,11,15H,7-8,10H2,1-4H3. The predicted octanol–water partition coefficient (Wildman–Crippen LogP) is 2.49. The lowest BCUT2D eigenvalue weighted by Crippen LogP contribution is -2.22. The van der Waals surface area contributed by atoms with E-state index in [9.17, 15) is 0 Å². The van der Waals surface area contributed by atoms with Crippen molar-refractivity contribution in [3.05, 3.63) is 23.8 Å². The smallest absolute Gasteiger partial charge is 0.125 e. The molecule has 1 N–H and O–H groups in total. The van der Waals surface area contributed by atoms with Crippen LogP contribution in [0.1, 0.15) is 19.4 Å². The zero-order valence-corrected chi connectivity index (χ0v) is 11.2. The van der Waals surface area contributed by atoms with Gasteiger partial charge in [-0.05, 0) is 37.1 Å². The zero-order valence-electron chi connectivity index (χ0n) is 11.2. The van der Waals surface area contributed by atoms with Crippen molar-refractivity contribution in [2.75, 3.05) is 27.3 Å². The highest BCUT2D eigenvalue weighted by Crippen LogP contribution is 2.24. The molecule has 0 amide bonds. The van der Waals surface area contributed by atoms with E-state index < -0.39 is 0 Å². The van der Waals surface area contributed by atoms with Crippen LogP contribution in [0.2, 0.25) is 0 Å². The minimum atomic E-state index is 0.688. The Labute approximate surface area is 104 Å². The van der Waals surface area contributed by atoms with Crippen LogP contribution in [0, 0.1) is 5.92 Å². The lowest BCUT2D eigenvalue weighted by molar-refractivity contribution is 0.390. The first-order chi connectivity index (χ1) is 8.17. The van der Waals surface area contributed by atoms with E-state index in [1.165, 1.54) is 5.56 Å². The number of methoxy groups -OCH3 is 2. The van der Waals surface area contributed by atoms with Crippen molar-refractivity contribution in [3.63, 3.8) is 0 Å². The van der Waals surface area contributed by atoms with Gasteiger partial charge in [-0.1, -0.05) is 19.9 Å². The number of hydrogen-bond donors (Lipinski definition) is 1. The highest BCUT2D eigenvalue weighted by molar-refractivity contribution is 5.40. The Morgan fingerprint density at radius 1 is 1.18 bits per heavy atom. The van der Waals surface area contributed by atoms with Crippen LogP contribution in [0.15, 0.2) is 18.2 Å². The molecule has 0 bridgehead atoms. The van der Waals surface area contributed by atoms with E-state index in [-0.39, 0.29) is 0 Å². The van der Waals surface area contributed by atoms with Gasteiger partial charge in [-0.2, -0.15) is 0 Å². The third-order valence-electron chi connectivity index (χ3n) is 2.62. The van der Waals surface area contributed by atoms with Gasteiger partial charge in [0.2, 0.25) is 0 Å².